The van der Waals surface area contributed by atoms with Crippen molar-refractivity contribution in [1.82, 2.24) is 4.98 Å². The van der Waals surface area contributed by atoms with Gasteiger partial charge in [0.25, 0.3) is 0 Å². The van der Waals surface area contributed by atoms with Crippen molar-refractivity contribution in [3.63, 3.8) is 0 Å². The van der Waals surface area contributed by atoms with Gasteiger partial charge in [0, 0.05) is 11.1 Å². The van der Waals surface area contributed by atoms with Gasteiger partial charge >= 0.3 is 0 Å². The van der Waals surface area contributed by atoms with Crippen LogP contribution >= 0.6 is 0 Å². The molecule has 0 unspecified atom stereocenters. The van der Waals surface area contributed by atoms with Gasteiger partial charge in [-0.15, -0.1) is 0 Å². The summed E-state index contributed by atoms with van der Waals surface area (Å²) >= 11 is 0. The van der Waals surface area contributed by atoms with Gasteiger partial charge in [-0.1, -0.05) is 29.8 Å². The van der Waals surface area contributed by atoms with Crippen molar-refractivity contribution in [2.24, 2.45) is 0 Å². The highest BCUT2D eigenvalue weighted by Gasteiger charge is 2.07. The number of fused-ring (bicyclic) bond motifs is 1. The third-order valence-corrected chi connectivity index (χ3v) is 3.79. The van der Waals surface area contributed by atoms with Gasteiger partial charge in [-0.2, -0.15) is 0 Å². The Balaban J connectivity index is 2.23. The first-order chi connectivity index (χ1) is 9.54. The predicted molar refractivity (Wildman–Crippen MR) is 86.1 cm³/mol. The van der Waals surface area contributed by atoms with E-state index in [1.54, 1.807) is 0 Å². The van der Waals surface area contributed by atoms with Crippen molar-refractivity contribution in [2.45, 2.75) is 27.7 Å². The van der Waals surface area contributed by atoms with Crippen molar-refractivity contribution in [1.29, 1.82) is 0 Å². The number of nitrogens with zero attached hydrogens (tertiary/aromatic N) is 1. The van der Waals surface area contributed by atoms with Crippen molar-refractivity contribution < 1.29 is 0 Å². The minimum absolute atomic E-state index is 1.06. The van der Waals surface area contributed by atoms with Crippen LogP contribution in [0.4, 0.5) is 0 Å². The second kappa shape index (κ2) is 4.75. The van der Waals surface area contributed by atoms with Gasteiger partial charge in [0.15, 0.2) is 0 Å². The van der Waals surface area contributed by atoms with E-state index in [1.165, 1.54) is 33.2 Å². The number of pyridine rings is 1. The lowest BCUT2D eigenvalue weighted by Gasteiger charge is -2.12. The van der Waals surface area contributed by atoms with Crippen molar-refractivity contribution in [3.8, 4) is 11.1 Å². The summed E-state index contributed by atoms with van der Waals surface area (Å²) < 4.78 is 0. The summed E-state index contributed by atoms with van der Waals surface area (Å²) in [5, 5.41) is 1.20. The van der Waals surface area contributed by atoms with E-state index in [4.69, 9.17) is 0 Å². The molecule has 0 aliphatic heterocycles. The number of aromatic nitrogens is 1. The summed E-state index contributed by atoms with van der Waals surface area (Å²) in [6.45, 7) is 8.55. The normalized spacial score (nSPS) is 11.0. The first-order valence-corrected chi connectivity index (χ1v) is 7.00. The maximum atomic E-state index is 4.57. The van der Waals surface area contributed by atoms with Gasteiger partial charge in [-0.3, -0.25) is 4.98 Å². The molecular formula is C19H19N. The molecule has 1 aromatic heterocycles. The van der Waals surface area contributed by atoms with Crippen LogP contribution in [-0.4, -0.2) is 4.98 Å². The molecule has 0 N–H and O–H groups in total. The number of rotatable bonds is 1. The molecule has 2 aromatic carbocycles. The lowest BCUT2D eigenvalue weighted by molar-refractivity contribution is 1.25. The number of aryl methyl sites for hydroxylation is 4. The van der Waals surface area contributed by atoms with E-state index >= 15 is 0 Å². The summed E-state index contributed by atoms with van der Waals surface area (Å²) in [6, 6.07) is 15.3. The van der Waals surface area contributed by atoms with Crippen LogP contribution in [0.15, 0.2) is 42.5 Å². The third kappa shape index (κ3) is 2.20. The van der Waals surface area contributed by atoms with Crippen LogP contribution in [0.5, 0.6) is 0 Å². The highest BCUT2D eigenvalue weighted by Crippen LogP contribution is 2.30. The SMILES string of the molecule is Cc1cc(C)c(-c2ccc3nc(C)ccc3c2)c(C)c1. The van der Waals surface area contributed by atoms with E-state index < -0.39 is 0 Å². The Morgan fingerprint density at radius 3 is 2.15 bits per heavy atom. The molecule has 0 saturated heterocycles. The maximum absolute atomic E-state index is 4.57. The molecule has 0 atom stereocenters. The lowest BCUT2D eigenvalue weighted by atomic mass is 9.93. The molecular weight excluding hydrogens is 242 g/mol. The van der Waals surface area contributed by atoms with E-state index in [2.05, 4.69) is 68.2 Å². The summed E-state index contributed by atoms with van der Waals surface area (Å²) in [6.07, 6.45) is 0. The summed E-state index contributed by atoms with van der Waals surface area (Å²) in [5.41, 5.74) is 8.74. The van der Waals surface area contributed by atoms with Crippen molar-refractivity contribution in [3.05, 3.63) is 64.8 Å². The van der Waals surface area contributed by atoms with E-state index in [0.717, 1.165) is 11.2 Å². The molecule has 0 radical (unpaired) electrons. The molecule has 3 aromatic rings. The zero-order valence-corrected chi connectivity index (χ0v) is 12.5. The van der Waals surface area contributed by atoms with Gasteiger partial charge in [0.1, 0.15) is 0 Å². The average Bonchev–Trinajstić information content (AvgIpc) is 2.37. The summed E-state index contributed by atoms with van der Waals surface area (Å²) in [5.74, 6) is 0. The van der Waals surface area contributed by atoms with Crippen LogP contribution in [0.1, 0.15) is 22.4 Å². The molecule has 0 aliphatic carbocycles. The second-order valence-electron chi connectivity index (χ2n) is 5.63. The molecule has 1 nitrogen and oxygen atoms in total. The van der Waals surface area contributed by atoms with E-state index in [0.29, 0.717) is 0 Å². The zero-order chi connectivity index (χ0) is 14.3. The molecule has 1 heterocycles. The Kier molecular flexibility index (Phi) is 3.06. The number of hydrogen-bond acceptors (Lipinski definition) is 1. The minimum Gasteiger partial charge on any atom is -0.253 e. The molecule has 0 amide bonds. The maximum Gasteiger partial charge on any atom is 0.0705 e. The topological polar surface area (TPSA) is 12.9 Å². The van der Waals surface area contributed by atoms with Crippen LogP contribution < -0.4 is 0 Å². The van der Waals surface area contributed by atoms with Gasteiger partial charge in [0.2, 0.25) is 0 Å². The van der Waals surface area contributed by atoms with Gasteiger partial charge in [-0.25, -0.2) is 0 Å². The Hall–Kier alpha value is -2.15. The smallest absolute Gasteiger partial charge is 0.0705 e. The molecule has 0 fully saturated rings. The van der Waals surface area contributed by atoms with E-state index in [9.17, 15) is 0 Å². The van der Waals surface area contributed by atoms with Crippen LogP contribution in [0.2, 0.25) is 0 Å². The Labute approximate surface area is 120 Å². The third-order valence-electron chi connectivity index (χ3n) is 3.79. The van der Waals surface area contributed by atoms with Crippen molar-refractivity contribution >= 4 is 10.9 Å². The summed E-state index contributed by atoms with van der Waals surface area (Å²) in [7, 11) is 0. The van der Waals surface area contributed by atoms with Gasteiger partial charge in [0.05, 0.1) is 5.52 Å². The van der Waals surface area contributed by atoms with Crippen LogP contribution in [-0.2, 0) is 0 Å². The predicted octanol–water partition coefficient (Wildman–Crippen LogP) is 5.14. The highest BCUT2D eigenvalue weighted by molar-refractivity contribution is 5.86. The van der Waals surface area contributed by atoms with Crippen molar-refractivity contribution in [2.75, 3.05) is 0 Å². The van der Waals surface area contributed by atoms with E-state index in [-0.39, 0.29) is 0 Å². The molecule has 20 heavy (non-hydrogen) atoms. The van der Waals surface area contributed by atoms with Crippen LogP contribution in [0, 0.1) is 27.7 Å². The zero-order valence-electron chi connectivity index (χ0n) is 12.5. The molecule has 0 bridgehead atoms. The highest BCUT2D eigenvalue weighted by atomic mass is 14.7. The fourth-order valence-corrected chi connectivity index (χ4v) is 3.02. The lowest BCUT2D eigenvalue weighted by Crippen LogP contribution is -1.91. The molecule has 100 valence electrons. The largest absolute Gasteiger partial charge is 0.253 e. The fraction of sp³-hybridized carbons (Fsp3) is 0.211. The standard InChI is InChI=1S/C19H19N/c1-12-9-13(2)19(14(3)10-12)17-7-8-18-16(11-17)6-5-15(4)20-18/h5-11H,1-4H3. The molecule has 0 aliphatic rings. The first kappa shape index (κ1) is 12.9. The monoisotopic (exact) mass is 261 g/mol. The molecule has 0 saturated carbocycles. The average molecular weight is 261 g/mol. The fourth-order valence-electron chi connectivity index (χ4n) is 3.02. The number of benzene rings is 2. The Bertz CT molecular complexity index is 777. The molecule has 0 spiro atoms. The summed E-state index contributed by atoms with van der Waals surface area (Å²) in [4.78, 5) is 4.57. The molecule has 3 rings (SSSR count). The minimum atomic E-state index is 1.06. The Morgan fingerprint density at radius 2 is 1.45 bits per heavy atom. The van der Waals surface area contributed by atoms with Gasteiger partial charge < -0.3 is 0 Å². The van der Waals surface area contributed by atoms with Crippen LogP contribution in [0.3, 0.4) is 0 Å². The van der Waals surface area contributed by atoms with Crippen LogP contribution in [0.25, 0.3) is 22.0 Å². The molecule has 1 heteroatoms. The quantitative estimate of drug-likeness (QED) is 0.591. The first-order valence-electron chi connectivity index (χ1n) is 7.00. The van der Waals surface area contributed by atoms with Gasteiger partial charge in [-0.05, 0) is 68.1 Å². The Morgan fingerprint density at radius 1 is 0.750 bits per heavy atom. The number of hydrogen-bond donors (Lipinski definition) is 0. The van der Waals surface area contributed by atoms with E-state index in [1.807, 2.05) is 6.92 Å². The second-order valence-corrected chi connectivity index (χ2v) is 5.63.